The van der Waals surface area contributed by atoms with Gasteiger partial charge in [0.2, 0.25) is 0 Å². The molecule has 0 aliphatic heterocycles. The Kier molecular flexibility index (Phi) is 4.09. The molecule has 4 nitrogen and oxygen atoms in total. The van der Waals surface area contributed by atoms with Crippen LogP contribution in [0.3, 0.4) is 0 Å². The van der Waals surface area contributed by atoms with Crippen LogP contribution in [0.4, 0.5) is 13.2 Å². The minimum atomic E-state index is -5.24. The quantitative estimate of drug-likeness (QED) is 0.830. The number of aliphatic hydroxyl groups is 1. The van der Waals surface area contributed by atoms with Gasteiger partial charge in [0.1, 0.15) is 5.75 Å². The monoisotopic (exact) mass is 278 g/mol. The lowest BCUT2D eigenvalue weighted by Crippen LogP contribution is -2.50. The van der Waals surface area contributed by atoms with E-state index in [9.17, 15) is 23.1 Å². The summed E-state index contributed by atoms with van der Waals surface area (Å²) >= 11 is 0. The smallest absolute Gasteiger partial charge is 0.432 e. The average Bonchev–Trinajstić information content (AvgIpc) is 2.26. The normalized spacial score (nSPS) is 14.8. The van der Waals surface area contributed by atoms with Gasteiger partial charge in [0.05, 0.1) is 6.61 Å². The van der Waals surface area contributed by atoms with Crippen LogP contribution in [-0.2, 0) is 15.1 Å². The number of carbonyl (C=O) groups is 1. The maximum atomic E-state index is 13.0. The zero-order chi connectivity index (χ0) is 14.8. The maximum Gasteiger partial charge on any atom is 0.432 e. The van der Waals surface area contributed by atoms with Crippen molar-refractivity contribution in [1.82, 2.24) is 0 Å². The number of carbonyl (C=O) groups excluding carboxylic acids is 1. The Morgan fingerprint density at radius 2 is 1.95 bits per heavy atom. The molecule has 0 spiro atoms. The number of hydrogen-bond donors (Lipinski definition) is 2. The van der Waals surface area contributed by atoms with E-state index in [1.807, 2.05) is 0 Å². The molecule has 0 aromatic heterocycles. The van der Waals surface area contributed by atoms with Gasteiger partial charge in [-0.25, -0.2) is 4.79 Å². The minimum absolute atomic E-state index is 0.0760. The molecule has 0 fully saturated rings. The average molecular weight is 278 g/mol. The third kappa shape index (κ3) is 2.65. The standard InChI is InChI=1S/C12H13F3O4/c1-3-19-10(17)11(18,12(13,14)15)9-5-4-8(16)6-7(9)2/h4-6,16,18H,3H2,1-2H3. The van der Waals surface area contributed by atoms with Crippen LogP contribution in [0.5, 0.6) is 5.75 Å². The minimum Gasteiger partial charge on any atom is -0.508 e. The van der Waals surface area contributed by atoms with E-state index in [1.54, 1.807) is 0 Å². The molecule has 0 aliphatic rings. The van der Waals surface area contributed by atoms with Gasteiger partial charge in [0.25, 0.3) is 5.60 Å². The largest absolute Gasteiger partial charge is 0.508 e. The van der Waals surface area contributed by atoms with Crippen molar-refractivity contribution in [3.8, 4) is 5.75 Å². The highest BCUT2D eigenvalue weighted by Gasteiger charge is 2.62. The molecular weight excluding hydrogens is 265 g/mol. The SMILES string of the molecule is CCOC(=O)C(O)(c1ccc(O)cc1C)C(F)(F)F. The van der Waals surface area contributed by atoms with Crippen LogP contribution >= 0.6 is 0 Å². The number of hydrogen-bond acceptors (Lipinski definition) is 4. The topological polar surface area (TPSA) is 66.8 Å². The first-order chi connectivity index (χ1) is 8.64. The molecule has 0 heterocycles. The van der Waals surface area contributed by atoms with E-state index >= 15 is 0 Å². The number of ether oxygens (including phenoxy) is 1. The van der Waals surface area contributed by atoms with E-state index < -0.39 is 23.3 Å². The molecule has 0 radical (unpaired) electrons. The fourth-order valence-corrected chi connectivity index (χ4v) is 1.67. The Morgan fingerprint density at radius 3 is 2.37 bits per heavy atom. The number of esters is 1. The lowest BCUT2D eigenvalue weighted by atomic mass is 9.89. The van der Waals surface area contributed by atoms with Crippen molar-refractivity contribution in [3.05, 3.63) is 29.3 Å². The fraction of sp³-hybridized carbons (Fsp3) is 0.417. The summed E-state index contributed by atoms with van der Waals surface area (Å²) in [5.41, 5.74) is -4.50. The zero-order valence-electron chi connectivity index (χ0n) is 10.3. The molecule has 1 aromatic carbocycles. The van der Waals surface area contributed by atoms with E-state index in [-0.39, 0.29) is 17.9 Å². The molecule has 19 heavy (non-hydrogen) atoms. The van der Waals surface area contributed by atoms with Gasteiger partial charge in [0, 0.05) is 5.56 Å². The van der Waals surface area contributed by atoms with E-state index in [2.05, 4.69) is 4.74 Å². The zero-order valence-corrected chi connectivity index (χ0v) is 10.3. The molecule has 0 saturated heterocycles. The van der Waals surface area contributed by atoms with E-state index in [4.69, 9.17) is 5.11 Å². The van der Waals surface area contributed by atoms with Crippen LogP contribution in [0.2, 0.25) is 0 Å². The summed E-state index contributed by atoms with van der Waals surface area (Å²) < 4.78 is 43.4. The molecule has 1 unspecified atom stereocenters. The third-order valence-electron chi connectivity index (χ3n) is 2.58. The van der Waals surface area contributed by atoms with Crippen LogP contribution in [0.15, 0.2) is 18.2 Å². The van der Waals surface area contributed by atoms with Crippen molar-refractivity contribution in [1.29, 1.82) is 0 Å². The highest BCUT2D eigenvalue weighted by Crippen LogP contribution is 2.41. The second-order valence-electron chi connectivity index (χ2n) is 3.93. The Morgan fingerprint density at radius 1 is 1.37 bits per heavy atom. The molecule has 0 aliphatic carbocycles. The van der Waals surface area contributed by atoms with Gasteiger partial charge in [-0.2, -0.15) is 13.2 Å². The first kappa shape index (κ1) is 15.3. The summed E-state index contributed by atoms with van der Waals surface area (Å²) in [4.78, 5) is 11.5. The van der Waals surface area contributed by atoms with Crippen LogP contribution < -0.4 is 0 Å². The predicted molar refractivity (Wildman–Crippen MR) is 59.4 cm³/mol. The van der Waals surface area contributed by atoms with Gasteiger partial charge in [-0.1, -0.05) is 6.07 Å². The van der Waals surface area contributed by atoms with E-state index in [1.165, 1.54) is 13.8 Å². The van der Waals surface area contributed by atoms with Gasteiger partial charge in [-0.15, -0.1) is 0 Å². The van der Waals surface area contributed by atoms with Crippen molar-refractivity contribution in [2.45, 2.75) is 25.6 Å². The molecule has 0 saturated carbocycles. The maximum absolute atomic E-state index is 13.0. The number of alkyl halides is 3. The summed E-state index contributed by atoms with van der Waals surface area (Å²) in [5.74, 6) is -2.06. The lowest BCUT2D eigenvalue weighted by molar-refractivity contribution is -0.268. The van der Waals surface area contributed by atoms with Crippen LogP contribution in [0.1, 0.15) is 18.1 Å². The Labute approximate surface area is 107 Å². The van der Waals surface area contributed by atoms with Gasteiger partial charge in [-0.3, -0.25) is 0 Å². The van der Waals surface area contributed by atoms with Gasteiger partial charge in [-0.05, 0) is 31.5 Å². The summed E-state index contributed by atoms with van der Waals surface area (Å²) in [6.45, 7) is 2.28. The predicted octanol–water partition coefficient (Wildman–Crippen LogP) is 2.01. The van der Waals surface area contributed by atoms with Crippen LogP contribution in [0, 0.1) is 6.92 Å². The first-order valence-electron chi connectivity index (χ1n) is 5.41. The van der Waals surface area contributed by atoms with Crippen LogP contribution in [0.25, 0.3) is 0 Å². The molecule has 1 atom stereocenters. The van der Waals surface area contributed by atoms with Crippen molar-refractivity contribution < 1.29 is 32.9 Å². The summed E-state index contributed by atoms with van der Waals surface area (Å²) in [7, 11) is 0. The van der Waals surface area contributed by atoms with Gasteiger partial charge >= 0.3 is 12.1 Å². The number of phenolic OH excluding ortho intramolecular Hbond substituents is 1. The van der Waals surface area contributed by atoms with Crippen molar-refractivity contribution in [2.24, 2.45) is 0 Å². The van der Waals surface area contributed by atoms with Crippen molar-refractivity contribution in [2.75, 3.05) is 6.61 Å². The third-order valence-corrected chi connectivity index (χ3v) is 2.58. The Hall–Kier alpha value is -1.76. The fourth-order valence-electron chi connectivity index (χ4n) is 1.67. The van der Waals surface area contributed by atoms with Gasteiger partial charge < -0.3 is 14.9 Å². The molecule has 106 valence electrons. The first-order valence-corrected chi connectivity index (χ1v) is 5.41. The highest BCUT2D eigenvalue weighted by atomic mass is 19.4. The number of aryl methyl sites for hydroxylation is 1. The number of halogens is 3. The van der Waals surface area contributed by atoms with Crippen molar-refractivity contribution >= 4 is 5.97 Å². The number of aromatic hydroxyl groups is 1. The molecule has 2 N–H and O–H groups in total. The van der Waals surface area contributed by atoms with Crippen LogP contribution in [-0.4, -0.2) is 29.0 Å². The molecule has 0 bridgehead atoms. The summed E-state index contributed by atoms with van der Waals surface area (Å²) in [6.07, 6.45) is -5.24. The number of phenols is 1. The van der Waals surface area contributed by atoms with Crippen molar-refractivity contribution in [3.63, 3.8) is 0 Å². The summed E-state index contributed by atoms with van der Waals surface area (Å²) in [5, 5.41) is 19.0. The van der Waals surface area contributed by atoms with E-state index in [0.717, 1.165) is 18.2 Å². The Bertz CT molecular complexity index is 484. The lowest BCUT2D eigenvalue weighted by Gasteiger charge is -2.29. The summed E-state index contributed by atoms with van der Waals surface area (Å²) in [6, 6.07) is 2.82. The molecule has 0 amide bonds. The van der Waals surface area contributed by atoms with Gasteiger partial charge in [0.15, 0.2) is 0 Å². The Balaban J connectivity index is 3.44. The molecule has 1 rings (SSSR count). The number of rotatable bonds is 3. The second kappa shape index (κ2) is 5.08. The van der Waals surface area contributed by atoms with E-state index in [0.29, 0.717) is 0 Å². The number of benzene rings is 1. The molecule has 1 aromatic rings. The second-order valence-corrected chi connectivity index (χ2v) is 3.93. The molecular formula is C12H13F3O4. The highest BCUT2D eigenvalue weighted by molar-refractivity contribution is 5.82. The molecule has 7 heteroatoms.